The number of fused-ring (bicyclic) bond motifs is 1. The number of ether oxygens (including phenoxy) is 1. The van der Waals surface area contributed by atoms with Gasteiger partial charge in [0.25, 0.3) is 0 Å². The van der Waals surface area contributed by atoms with Crippen molar-refractivity contribution < 1.29 is 4.74 Å². The van der Waals surface area contributed by atoms with Crippen molar-refractivity contribution in [2.45, 2.75) is 6.42 Å². The zero-order valence-electron chi connectivity index (χ0n) is 11.9. The average molecular weight is 290 g/mol. The van der Waals surface area contributed by atoms with Crippen LogP contribution in [0.15, 0.2) is 49.4 Å². The van der Waals surface area contributed by atoms with Gasteiger partial charge in [0.05, 0.1) is 18.6 Å². The van der Waals surface area contributed by atoms with Crippen LogP contribution in [0.25, 0.3) is 22.8 Å². The fourth-order valence-corrected chi connectivity index (χ4v) is 2.62. The van der Waals surface area contributed by atoms with E-state index >= 15 is 0 Å². The molecule has 0 aliphatic carbocycles. The zero-order valence-corrected chi connectivity index (χ0v) is 11.9. The van der Waals surface area contributed by atoms with Crippen LogP contribution in [0.1, 0.15) is 17.7 Å². The third-order valence-electron chi connectivity index (χ3n) is 3.69. The zero-order chi connectivity index (χ0) is 14.8. The van der Waals surface area contributed by atoms with E-state index in [0.717, 1.165) is 34.6 Å². The van der Waals surface area contributed by atoms with Crippen molar-refractivity contribution in [3.63, 3.8) is 0 Å². The second-order valence-corrected chi connectivity index (χ2v) is 5.10. The van der Waals surface area contributed by atoms with Gasteiger partial charge < -0.3 is 9.72 Å². The first-order valence-electron chi connectivity index (χ1n) is 7.12. The monoisotopic (exact) mass is 290 g/mol. The van der Waals surface area contributed by atoms with Gasteiger partial charge in [0.2, 0.25) is 0 Å². The molecule has 3 heterocycles. The van der Waals surface area contributed by atoms with E-state index in [-0.39, 0.29) is 0 Å². The van der Waals surface area contributed by atoms with E-state index in [1.165, 1.54) is 11.9 Å². The van der Waals surface area contributed by atoms with Crippen LogP contribution < -0.4 is 4.74 Å². The minimum Gasteiger partial charge on any atom is -0.493 e. The maximum absolute atomic E-state index is 5.76. The number of H-pyrrole nitrogens is 1. The molecule has 22 heavy (non-hydrogen) atoms. The summed E-state index contributed by atoms with van der Waals surface area (Å²) in [4.78, 5) is 15.4. The Morgan fingerprint density at radius 1 is 1.14 bits per heavy atom. The highest BCUT2D eigenvalue weighted by Gasteiger charge is 2.16. The molecule has 0 unspecified atom stereocenters. The number of aromatic nitrogens is 4. The summed E-state index contributed by atoms with van der Waals surface area (Å²) in [5.41, 5.74) is 5.34. The molecule has 0 saturated heterocycles. The van der Waals surface area contributed by atoms with Gasteiger partial charge in [-0.2, -0.15) is 0 Å². The lowest BCUT2D eigenvalue weighted by molar-refractivity contribution is 0.317. The number of imidazole rings is 1. The largest absolute Gasteiger partial charge is 0.493 e. The van der Waals surface area contributed by atoms with Crippen molar-refractivity contribution in [2.75, 3.05) is 6.61 Å². The molecule has 0 fully saturated rings. The molecular formula is C17H14N4O. The van der Waals surface area contributed by atoms with E-state index in [4.69, 9.17) is 4.74 Å². The topological polar surface area (TPSA) is 63.7 Å². The molecular weight excluding hydrogens is 276 g/mol. The van der Waals surface area contributed by atoms with Crippen LogP contribution in [-0.4, -0.2) is 26.5 Å². The Labute approximate surface area is 127 Å². The van der Waals surface area contributed by atoms with Gasteiger partial charge >= 0.3 is 0 Å². The summed E-state index contributed by atoms with van der Waals surface area (Å²) >= 11 is 0. The molecule has 0 radical (unpaired) electrons. The lowest BCUT2D eigenvalue weighted by Crippen LogP contribution is -2.07. The highest BCUT2D eigenvalue weighted by Crippen LogP contribution is 2.36. The Morgan fingerprint density at radius 3 is 2.86 bits per heavy atom. The quantitative estimate of drug-likeness (QED) is 0.787. The van der Waals surface area contributed by atoms with Gasteiger partial charge in [0.15, 0.2) is 0 Å². The number of nitrogens with zero attached hydrogens (tertiary/aromatic N) is 3. The van der Waals surface area contributed by atoms with E-state index in [9.17, 15) is 0 Å². The second kappa shape index (κ2) is 5.44. The first kappa shape index (κ1) is 12.8. The van der Waals surface area contributed by atoms with Gasteiger partial charge in [-0.25, -0.2) is 15.0 Å². The Hall–Kier alpha value is -2.95. The highest BCUT2D eigenvalue weighted by molar-refractivity contribution is 5.86. The van der Waals surface area contributed by atoms with E-state index in [1.54, 1.807) is 6.33 Å². The fraction of sp³-hybridized carbons (Fsp3) is 0.118. The van der Waals surface area contributed by atoms with E-state index < -0.39 is 0 Å². The third kappa shape index (κ3) is 2.37. The van der Waals surface area contributed by atoms with Crippen LogP contribution in [0.5, 0.6) is 5.75 Å². The van der Waals surface area contributed by atoms with Crippen LogP contribution >= 0.6 is 0 Å². The third-order valence-corrected chi connectivity index (χ3v) is 3.69. The second-order valence-electron chi connectivity index (χ2n) is 5.10. The molecule has 4 rings (SSSR count). The summed E-state index contributed by atoms with van der Waals surface area (Å²) in [6.45, 7) is 0.692. The van der Waals surface area contributed by atoms with Crippen molar-refractivity contribution in [2.24, 2.45) is 0 Å². The van der Waals surface area contributed by atoms with Crippen molar-refractivity contribution in [1.82, 2.24) is 19.9 Å². The van der Waals surface area contributed by atoms with Gasteiger partial charge in [0.1, 0.15) is 12.1 Å². The Morgan fingerprint density at radius 2 is 2.05 bits per heavy atom. The predicted octanol–water partition coefficient (Wildman–Crippen LogP) is 3.19. The van der Waals surface area contributed by atoms with Gasteiger partial charge in [-0.3, -0.25) is 0 Å². The van der Waals surface area contributed by atoms with Crippen molar-refractivity contribution in [1.29, 1.82) is 0 Å². The SMILES string of the molecule is C(=C1/CCOc2ccc(-c3cncnc3)cc21)/c1c[nH]cn1. The molecule has 5 heteroatoms. The standard InChI is InChI=1S/C17H14N4O/c1-2-17-16(6-12(1)14-7-18-10-19-8-14)13(3-4-22-17)5-15-9-20-11-21-15/h1-2,5-11H,3-4H2,(H,20,21)/b13-5+. The van der Waals surface area contributed by atoms with E-state index in [0.29, 0.717) is 6.61 Å². The lowest BCUT2D eigenvalue weighted by Gasteiger charge is -2.21. The summed E-state index contributed by atoms with van der Waals surface area (Å²) in [7, 11) is 0. The fourth-order valence-electron chi connectivity index (χ4n) is 2.62. The number of hydrogen-bond acceptors (Lipinski definition) is 4. The summed E-state index contributed by atoms with van der Waals surface area (Å²) in [6, 6.07) is 6.18. The first-order chi connectivity index (χ1) is 10.9. The van der Waals surface area contributed by atoms with Crippen molar-refractivity contribution >= 4 is 11.6 Å². The summed E-state index contributed by atoms with van der Waals surface area (Å²) in [6.07, 6.45) is 11.7. The van der Waals surface area contributed by atoms with Crippen LogP contribution in [-0.2, 0) is 0 Å². The van der Waals surface area contributed by atoms with Gasteiger partial charge in [-0.1, -0.05) is 6.07 Å². The lowest BCUT2D eigenvalue weighted by atomic mass is 9.95. The number of aromatic amines is 1. The molecule has 1 aromatic carbocycles. The Bertz CT molecular complexity index is 810. The molecule has 0 saturated carbocycles. The molecule has 0 spiro atoms. The molecule has 1 aliphatic rings. The molecule has 1 N–H and O–H groups in total. The first-order valence-corrected chi connectivity index (χ1v) is 7.12. The summed E-state index contributed by atoms with van der Waals surface area (Å²) < 4.78 is 5.76. The van der Waals surface area contributed by atoms with Gasteiger partial charge in [-0.15, -0.1) is 0 Å². The molecule has 0 bridgehead atoms. The molecule has 3 aromatic rings. The molecule has 1 aliphatic heterocycles. The molecule has 0 atom stereocenters. The maximum Gasteiger partial charge on any atom is 0.126 e. The van der Waals surface area contributed by atoms with E-state index in [2.05, 4.69) is 32.1 Å². The Kier molecular flexibility index (Phi) is 3.16. The van der Waals surface area contributed by atoms with Gasteiger partial charge in [-0.05, 0) is 29.3 Å². The van der Waals surface area contributed by atoms with Gasteiger partial charge in [0, 0.05) is 36.1 Å². The predicted molar refractivity (Wildman–Crippen MR) is 84.0 cm³/mol. The maximum atomic E-state index is 5.76. The van der Waals surface area contributed by atoms with Crippen LogP contribution in [0.4, 0.5) is 0 Å². The van der Waals surface area contributed by atoms with E-state index in [1.807, 2.05) is 30.7 Å². The number of nitrogens with one attached hydrogen (secondary N) is 1. The van der Waals surface area contributed by atoms with Crippen LogP contribution in [0.2, 0.25) is 0 Å². The smallest absolute Gasteiger partial charge is 0.126 e. The number of rotatable bonds is 2. The van der Waals surface area contributed by atoms with Crippen molar-refractivity contribution in [3.05, 3.63) is 60.7 Å². The van der Waals surface area contributed by atoms with Crippen LogP contribution in [0, 0.1) is 0 Å². The summed E-state index contributed by atoms with van der Waals surface area (Å²) in [5, 5.41) is 0. The Balaban J connectivity index is 1.80. The number of benzene rings is 1. The molecule has 0 amide bonds. The normalized spacial score (nSPS) is 15.4. The average Bonchev–Trinajstić information content (AvgIpc) is 3.09. The highest BCUT2D eigenvalue weighted by atomic mass is 16.5. The minimum absolute atomic E-state index is 0.692. The minimum atomic E-state index is 0.692. The molecule has 108 valence electrons. The van der Waals surface area contributed by atoms with Crippen LogP contribution in [0.3, 0.4) is 0 Å². The van der Waals surface area contributed by atoms with Crippen molar-refractivity contribution in [3.8, 4) is 16.9 Å². The molecule has 2 aromatic heterocycles. The number of hydrogen-bond donors (Lipinski definition) is 1. The summed E-state index contributed by atoms with van der Waals surface area (Å²) in [5.74, 6) is 0.911. The molecule has 5 nitrogen and oxygen atoms in total.